The number of hydrogen-bond acceptors (Lipinski definition) is 3. The minimum Gasteiger partial charge on any atom is -0.336 e. The van der Waals surface area contributed by atoms with Crippen LogP contribution in [0.3, 0.4) is 0 Å². The maximum absolute atomic E-state index is 12.3. The number of carbonyl (C=O) groups is 1. The van der Waals surface area contributed by atoms with Crippen LogP contribution in [0, 0.1) is 0 Å². The van der Waals surface area contributed by atoms with Crippen molar-refractivity contribution in [2.75, 3.05) is 33.7 Å². The van der Waals surface area contributed by atoms with E-state index in [1.807, 2.05) is 14.1 Å². The van der Waals surface area contributed by atoms with Crippen LogP contribution in [0.25, 0.3) is 0 Å². The summed E-state index contributed by atoms with van der Waals surface area (Å²) in [5.74, 6) is 0.293. The van der Waals surface area contributed by atoms with Gasteiger partial charge in [0, 0.05) is 12.1 Å². The molecule has 1 N–H and O–H groups in total. The van der Waals surface area contributed by atoms with Crippen molar-refractivity contribution in [1.29, 1.82) is 0 Å². The summed E-state index contributed by atoms with van der Waals surface area (Å²) in [7, 11) is 4.00. The van der Waals surface area contributed by atoms with Crippen LogP contribution in [0.4, 0.5) is 0 Å². The van der Waals surface area contributed by atoms with Crippen LogP contribution < -0.4 is 5.32 Å². The van der Waals surface area contributed by atoms with Crippen molar-refractivity contribution >= 4 is 5.91 Å². The average Bonchev–Trinajstić information content (AvgIpc) is 2.29. The molecule has 0 aromatic rings. The summed E-state index contributed by atoms with van der Waals surface area (Å²) < 4.78 is 0. The van der Waals surface area contributed by atoms with E-state index in [0.29, 0.717) is 24.5 Å². The number of nitrogens with one attached hydrogen (secondary N) is 1. The van der Waals surface area contributed by atoms with Crippen molar-refractivity contribution in [2.45, 2.75) is 51.6 Å². The molecule has 0 radical (unpaired) electrons. The first-order valence-electron chi connectivity index (χ1n) is 7.20. The molecular weight excluding hydrogens is 226 g/mol. The SMILES string of the molecule is CNCCCN(C)CC(=O)N1C(C)CCCC1C. The van der Waals surface area contributed by atoms with Crippen LogP contribution in [0.15, 0.2) is 0 Å². The fourth-order valence-electron chi connectivity index (χ4n) is 2.83. The molecule has 0 bridgehead atoms. The van der Waals surface area contributed by atoms with Crippen molar-refractivity contribution < 1.29 is 4.79 Å². The smallest absolute Gasteiger partial charge is 0.237 e. The number of piperidine rings is 1. The lowest BCUT2D eigenvalue weighted by atomic mass is 9.97. The summed E-state index contributed by atoms with van der Waals surface area (Å²) in [6.45, 7) is 6.89. The second-order valence-corrected chi connectivity index (χ2v) is 5.62. The molecule has 1 aliphatic heterocycles. The number of likely N-dealkylation sites (N-methyl/N-ethyl adjacent to an activating group) is 1. The van der Waals surface area contributed by atoms with Gasteiger partial charge >= 0.3 is 0 Å². The van der Waals surface area contributed by atoms with Gasteiger partial charge in [-0.05, 0) is 66.7 Å². The molecule has 1 fully saturated rings. The summed E-state index contributed by atoms with van der Waals surface area (Å²) >= 11 is 0. The number of likely N-dealkylation sites (tertiary alicyclic amines) is 1. The Hall–Kier alpha value is -0.610. The number of hydrogen-bond donors (Lipinski definition) is 1. The van der Waals surface area contributed by atoms with E-state index in [4.69, 9.17) is 0 Å². The van der Waals surface area contributed by atoms with E-state index in [0.717, 1.165) is 32.4 Å². The number of rotatable bonds is 6. The van der Waals surface area contributed by atoms with Crippen LogP contribution in [-0.4, -0.2) is 61.5 Å². The fourth-order valence-corrected chi connectivity index (χ4v) is 2.83. The fraction of sp³-hybridized carbons (Fsp3) is 0.929. The van der Waals surface area contributed by atoms with Gasteiger partial charge in [-0.3, -0.25) is 9.69 Å². The molecule has 1 amide bonds. The van der Waals surface area contributed by atoms with Crippen molar-refractivity contribution in [3.05, 3.63) is 0 Å². The monoisotopic (exact) mass is 255 g/mol. The van der Waals surface area contributed by atoms with Crippen LogP contribution in [-0.2, 0) is 4.79 Å². The van der Waals surface area contributed by atoms with Crippen LogP contribution in [0.1, 0.15) is 39.5 Å². The molecular formula is C14H29N3O. The van der Waals surface area contributed by atoms with Crippen molar-refractivity contribution in [3.63, 3.8) is 0 Å². The minimum absolute atomic E-state index is 0.293. The average molecular weight is 255 g/mol. The highest BCUT2D eigenvalue weighted by Crippen LogP contribution is 2.22. The molecule has 0 saturated carbocycles. The molecule has 0 aliphatic carbocycles. The Morgan fingerprint density at radius 1 is 1.33 bits per heavy atom. The molecule has 0 aromatic carbocycles. The van der Waals surface area contributed by atoms with Crippen LogP contribution in [0.2, 0.25) is 0 Å². The molecule has 2 unspecified atom stereocenters. The van der Waals surface area contributed by atoms with Crippen molar-refractivity contribution in [2.24, 2.45) is 0 Å². The largest absolute Gasteiger partial charge is 0.336 e. The number of carbonyl (C=O) groups excluding carboxylic acids is 1. The second kappa shape index (κ2) is 7.74. The van der Waals surface area contributed by atoms with Crippen LogP contribution >= 0.6 is 0 Å². The van der Waals surface area contributed by atoms with Gasteiger partial charge in [-0.2, -0.15) is 0 Å². The molecule has 1 aliphatic rings. The van der Waals surface area contributed by atoms with E-state index < -0.39 is 0 Å². The quantitative estimate of drug-likeness (QED) is 0.727. The Bertz CT molecular complexity index is 247. The predicted octanol–water partition coefficient (Wildman–Crippen LogP) is 1.32. The van der Waals surface area contributed by atoms with E-state index >= 15 is 0 Å². The maximum Gasteiger partial charge on any atom is 0.237 e. The zero-order chi connectivity index (χ0) is 13.5. The topological polar surface area (TPSA) is 35.6 Å². The zero-order valence-electron chi connectivity index (χ0n) is 12.4. The van der Waals surface area contributed by atoms with Gasteiger partial charge in [-0.1, -0.05) is 0 Å². The highest BCUT2D eigenvalue weighted by Gasteiger charge is 2.28. The van der Waals surface area contributed by atoms with Crippen molar-refractivity contribution in [3.8, 4) is 0 Å². The number of amides is 1. The normalized spacial score (nSPS) is 24.6. The molecule has 106 valence electrons. The lowest BCUT2D eigenvalue weighted by molar-refractivity contribution is -0.138. The highest BCUT2D eigenvalue weighted by atomic mass is 16.2. The minimum atomic E-state index is 0.293. The van der Waals surface area contributed by atoms with E-state index in [9.17, 15) is 4.79 Å². The molecule has 0 spiro atoms. The standard InChI is InChI=1S/C14H29N3O/c1-12-7-5-8-13(2)17(12)14(18)11-16(4)10-6-9-15-3/h12-13,15H,5-11H2,1-4H3. The second-order valence-electron chi connectivity index (χ2n) is 5.62. The van der Waals surface area contributed by atoms with Gasteiger partial charge in [0.1, 0.15) is 0 Å². The van der Waals surface area contributed by atoms with Gasteiger partial charge in [0.2, 0.25) is 5.91 Å². The Labute approximate surface area is 112 Å². The number of nitrogens with zero attached hydrogens (tertiary/aromatic N) is 2. The molecule has 1 heterocycles. The van der Waals surface area contributed by atoms with Crippen LogP contribution in [0.5, 0.6) is 0 Å². The molecule has 1 rings (SSSR count). The predicted molar refractivity (Wildman–Crippen MR) is 75.7 cm³/mol. The van der Waals surface area contributed by atoms with Gasteiger partial charge in [0.15, 0.2) is 0 Å². The maximum atomic E-state index is 12.3. The zero-order valence-corrected chi connectivity index (χ0v) is 12.4. The molecule has 1 saturated heterocycles. The Morgan fingerprint density at radius 3 is 2.50 bits per heavy atom. The van der Waals surface area contributed by atoms with Gasteiger partial charge < -0.3 is 10.2 Å². The summed E-state index contributed by atoms with van der Waals surface area (Å²) in [4.78, 5) is 16.6. The third-order valence-electron chi connectivity index (χ3n) is 3.85. The first-order chi connectivity index (χ1) is 8.56. The lowest BCUT2D eigenvalue weighted by Crippen LogP contribution is -2.50. The van der Waals surface area contributed by atoms with E-state index in [-0.39, 0.29) is 0 Å². The first-order valence-corrected chi connectivity index (χ1v) is 7.20. The van der Waals surface area contributed by atoms with Gasteiger partial charge in [-0.15, -0.1) is 0 Å². The third-order valence-corrected chi connectivity index (χ3v) is 3.85. The van der Waals surface area contributed by atoms with Crippen molar-refractivity contribution in [1.82, 2.24) is 15.1 Å². The van der Waals surface area contributed by atoms with Gasteiger partial charge in [0.25, 0.3) is 0 Å². The molecule has 4 heteroatoms. The van der Waals surface area contributed by atoms with E-state index in [1.165, 1.54) is 6.42 Å². The molecule has 18 heavy (non-hydrogen) atoms. The Morgan fingerprint density at radius 2 is 1.94 bits per heavy atom. The summed E-state index contributed by atoms with van der Waals surface area (Å²) in [6, 6.07) is 0.818. The highest BCUT2D eigenvalue weighted by molar-refractivity contribution is 5.79. The first kappa shape index (κ1) is 15.4. The summed E-state index contributed by atoms with van der Waals surface area (Å²) in [6.07, 6.45) is 4.65. The molecule has 0 aromatic heterocycles. The molecule has 2 atom stereocenters. The lowest BCUT2D eigenvalue weighted by Gasteiger charge is -2.39. The Kier molecular flexibility index (Phi) is 6.65. The third kappa shape index (κ3) is 4.58. The van der Waals surface area contributed by atoms with Gasteiger partial charge in [-0.25, -0.2) is 0 Å². The summed E-state index contributed by atoms with van der Waals surface area (Å²) in [5.41, 5.74) is 0. The Balaban J connectivity index is 2.38. The van der Waals surface area contributed by atoms with E-state index in [1.54, 1.807) is 0 Å². The van der Waals surface area contributed by atoms with E-state index in [2.05, 4.69) is 29.0 Å². The summed E-state index contributed by atoms with van der Waals surface area (Å²) in [5, 5.41) is 3.13. The van der Waals surface area contributed by atoms with Gasteiger partial charge in [0.05, 0.1) is 6.54 Å². The molecule has 4 nitrogen and oxygen atoms in total.